The lowest BCUT2D eigenvalue weighted by Gasteiger charge is -1.90. The van der Waals surface area contributed by atoms with Crippen molar-refractivity contribution in [2.24, 2.45) is 0 Å². The van der Waals surface area contributed by atoms with Gasteiger partial charge in [0.05, 0.1) is 11.0 Å². The van der Waals surface area contributed by atoms with Crippen molar-refractivity contribution in [3.05, 3.63) is 28.0 Å². The smallest absolute Gasteiger partial charge is 0.352 e. The predicted molar refractivity (Wildman–Crippen MR) is 55.5 cm³/mol. The summed E-state index contributed by atoms with van der Waals surface area (Å²) in [5.41, 5.74) is 2.30. The summed E-state index contributed by atoms with van der Waals surface area (Å²) in [4.78, 5) is 17.8. The van der Waals surface area contributed by atoms with Crippen molar-refractivity contribution in [3.8, 4) is 0 Å². The first-order valence-electron chi connectivity index (χ1n) is 3.96. The molecule has 2 heterocycles. The van der Waals surface area contributed by atoms with Crippen LogP contribution < -0.4 is 0 Å². The van der Waals surface area contributed by atoms with E-state index in [0.29, 0.717) is 11.1 Å². The Balaban J connectivity index is 2.79. The fourth-order valence-electron chi connectivity index (χ4n) is 1.39. The molecule has 0 saturated heterocycles. The zero-order valence-electron chi connectivity index (χ0n) is 7.34. The van der Waals surface area contributed by atoms with Gasteiger partial charge in [0.2, 0.25) is 0 Å². The largest absolute Gasteiger partial charge is 0.477 e. The average Bonchev–Trinajstić information content (AvgIpc) is 2.43. The second-order valence-electron chi connectivity index (χ2n) is 2.98. The van der Waals surface area contributed by atoms with Crippen molar-refractivity contribution in [3.63, 3.8) is 0 Å². The quantitative estimate of drug-likeness (QED) is 0.821. The number of carboxylic acids is 1. The first-order chi connectivity index (χ1) is 6.59. The number of pyridine rings is 1. The molecule has 0 aliphatic carbocycles. The highest BCUT2D eigenvalue weighted by atomic mass is 79.9. The summed E-state index contributed by atoms with van der Waals surface area (Å²) in [6.07, 6.45) is 1.65. The van der Waals surface area contributed by atoms with Crippen LogP contribution in [0.15, 0.2) is 16.7 Å². The Labute approximate surface area is 88.1 Å². The molecule has 0 unspecified atom stereocenters. The molecule has 0 atom stereocenters. The Morgan fingerprint density at radius 3 is 3.00 bits per heavy atom. The molecule has 0 radical (unpaired) electrons. The van der Waals surface area contributed by atoms with E-state index >= 15 is 0 Å². The molecule has 2 aromatic rings. The fourth-order valence-corrected chi connectivity index (χ4v) is 1.73. The Hall–Kier alpha value is -1.36. The van der Waals surface area contributed by atoms with E-state index in [-0.39, 0.29) is 5.69 Å². The molecule has 2 N–H and O–H groups in total. The molecule has 4 nitrogen and oxygen atoms in total. The zero-order valence-corrected chi connectivity index (χ0v) is 8.92. The number of rotatable bonds is 1. The molecule has 0 bridgehead atoms. The van der Waals surface area contributed by atoms with E-state index in [1.165, 1.54) is 0 Å². The van der Waals surface area contributed by atoms with E-state index < -0.39 is 5.97 Å². The topological polar surface area (TPSA) is 66.0 Å². The minimum Gasteiger partial charge on any atom is -0.477 e. The van der Waals surface area contributed by atoms with Crippen LogP contribution in [-0.4, -0.2) is 21.0 Å². The summed E-state index contributed by atoms with van der Waals surface area (Å²) in [5.74, 6) is -0.961. The number of aromatic carboxylic acids is 1. The molecule has 0 aromatic carbocycles. The van der Waals surface area contributed by atoms with Crippen molar-refractivity contribution in [2.75, 3.05) is 0 Å². The number of hydrogen-bond donors (Lipinski definition) is 2. The third kappa shape index (κ3) is 1.29. The number of aromatic nitrogens is 2. The first-order valence-corrected chi connectivity index (χ1v) is 4.76. The van der Waals surface area contributed by atoms with Gasteiger partial charge in [-0.1, -0.05) is 0 Å². The summed E-state index contributed by atoms with van der Waals surface area (Å²) >= 11 is 3.27. The van der Waals surface area contributed by atoms with Crippen molar-refractivity contribution < 1.29 is 9.90 Å². The molecule has 5 heteroatoms. The van der Waals surface area contributed by atoms with Gasteiger partial charge >= 0.3 is 5.97 Å². The van der Waals surface area contributed by atoms with E-state index in [9.17, 15) is 4.79 Å². The highest BCUT2D eigenvalue weighted by Gasteiger charge is 2.14. The van der Waals surface area contributed by atoms with Crippen LogP contribution >= 0.6 is 15.9 Å². The number of aryl methyl sites for hydroxylation is 1. The van der Waals surface area contributed by atoms with Crippen molar-refractivity contribution in [1.82, 2.24) is 9.97 Å². The van der Waals surface area contributed by atoms with Gasteiger partial charge in [-0.15, -0.1) is 0 Å². The molecule has 0 fully saturated rings. The van der Waals surface area contributed by atoms with Crippen molar-refractivity contribution in [1.29, 1.82) is 0 Å². The summed E-state index contributed by atoms with van der Waals surface area (Å²) in [6, 6.07) is 1.81. The number of aromatic amines is 1. The zero-order chi connectivity index (χ0) is 10.3. The molecule has 0 aliphatic heterocycles. The number of H-pyrrole nitrogens is 1. The number of carbonyl (C=O) groups is 1. The molecule has 2 aromatic heterocycles. The van der Waals surface area contributed by atoms with Crippen LogP contribution in [-0.2, 0) is 0 Å². The number of halogens is 1. The summed E-state index contributed by atoms with van der Waals surface area (Å²) < 4.78 is 0.822. The Bertz CT molecular complexity index is 519. The number of hydrogen-bond acceptors (Lipinski definition) is 2. The lowest BCUT2D eigenvalue weighted by atomic mass is 10.2. The molecule has 0 spiro atoms. The minimum atomic E-state index is -0.961. The van der Waals surface area contributed by atoms with E-state index in [1.807, 2.05) is 6.07 Å². The van der Waals surface area contributed by atoms with Gasteiger partial charge in [0, 0.05) is 16.2 Å². The van der Waals surface area contributed by atoms with Gasteiger partial charge in [0.15, 0.2) is 0 Å². The van der Waals surface area contributed by atoms with Gasteiger partial charge in [0.1, 0.15) is 5.69 Å². The molecular formula is C9H7BrN2O2. The Morgan fingerprint density at radius 1 is 1.64 bits per heavy atom. The SMILES string of the molecule is Cc1c(C(=O)O)[nH]c2cc(Br)cnc12. The fraction of sp³-hybridized carbons (Fsp3) is 0.111. The van der Waals surface area contributed by atoms with Gasteiger partial charge < -0.3 is 10.1 Å². The molecule has 0 amide bonds. The maximum absolute atomic E-state index is 10.8. The Kier molecular flexibility index (Phi) is 2.03. The van der Waals surface area contributed by atoms with E-state index in [2.05, 4.69) is 25.9 Å². The second-order valence-corrected chi connectivity index (χ2v) is 3.90. The molecule has 14 heavy (non-hydrogen) atoms. The normalized spacial score (nSPS) is 10.7. The van der Waals surface area contributed by atoms with Crippen LogP contribution in [0.25, 0.3) is 11.0 Å². The predicted octanol–water partition coefficient (Wildman–Crippen LogP) is 2.33. The number of nitrogens with one attached hydrogen (secondary N) is 1. The Morgan fingerprint density at radius 2 is 2.36 bits per heavy atom. The van der Waals surface area contributed by atoms with Crippen molar-refractivity contribution in [2.45, 2.75) is 6.92 Å². The van der Waals surface area contributed by atoms with Crippen LogP contribution in [0.3, 0.4) is 0 Å². The second kappa shape index (κ2) is 3.09. The monoisotopic (exact) mass is 254 g/mol. The van der Waals surface area contributed by atoms with Gasteiger partial charge in [-0.25, -0.2) is 4.79 Å². The van der Waals surface area contributed by atoms with Crippen LogP contribution in [0.5, 0.6) is 0 Å². The highest BCUT2D eigenvalue weighted by molar-refractivity contribution is 9.10. The molecule has 2 rings (SSSR count). The lowest BCUT2D eigenvalue weighted by molar-refractivity contribution is 0.0691. The van der Waals surface area contributed by atoms with Crippen LogP contribution in [0.4, 0.5) is 0 Å². The molecular weight excluding hydrogens is 248 g/mol. The molecule has 0 aliphatic rings. The number of nitrogens with zero attached hydrogens (tertiary/aromatic N) is 1. The van der Waals surface area contributed by atoms with Crippen molar-refractivity contribution >= 4 is 32.9 Å². The lowest BCUT2D eigenvalue weighted by Crippen LogP contribution is -1.98. The molecule has 72 valence electrons. The minimum absolute atomic E-state index is 0.200. The summed E-state index contributed by atoms with van der Waals surface area (Å²) in [7, 11) is 0. The average molecular weight is 255 g/mol. The van der Waals surface area contributed by atoms with Crippen LogP contribution in [0.2, 0.25) is 0 Å². The number of carboxylic acid groups (broad SMARTS) is 1. The van der Waals surface area contributed by atoms with Gasteiger partial charge in [-0.3, -0.25) is 4.98 Å². The van der Waals surface area contributed by atoms with Gasteiger partial charge in [-0.05, 0) is 28.9 Å². The highest BCUT2D eigenvalue weighted by Crippen LogP contribution is 2.22. The van der Waals surface area contributed by atoms with Gasteiger partial charge in [-0.2, -0.15) is 0 Å². The third-order valence-electron chi connectivity index (χ3n) is 2.06. The van der Waals surface area contributed by atoms with Crippen LogP contribution in [0, 0.1) is 6.92 Å². The standard InChI is InChI=1S/C9H7BrN2O2/c1-4-7-6(2-5(10)3-11-7)12-8(4)9(13)14/h2-3,12H,1H3,(H,13,14). The van der Waals surface area contributed by atoms with E-state index in [4.69, 9.17) is 5.11 Å². The molecule has 0 saturated carbocycles. The van der Waals surface area contributed by atoms with Crippen LogP contribution in [0.1, 0.15) is 16.1 Å². The summed E-state index contributed by atoms with van der Waals surface area (Å²) in [5, 5.41) is 8.87. The summed E-state index contributed by atoms with van der Waals surface area (Å²) in [6.45, 7) is 1.74. The maximum Gasteiger partial charge on any atom is 0.352 e. The van der Waals surface area contributed by atoms with Gasteiger partial charge in [0.25, 0.3) is 0 Å². The third-order valence-corrected chi connectivity index (χ3v) is 2.49. The maximum atomic E-state index is 10.8. The van der Waals surface area contributed by atoms with E-state index in [0.717, 1.165) is 9.99 Å². The first kappa shape index (κ1) is 9.21. The van der Waals surface area contributed by atoms with E-state index in [1.54, 1.807) is 13.1 Å². The number of fused-ring (bicyclic) bond motifs is 1.